The number of nitrogens with zero attached hydrogens (tertiary/aromatic N) is 2. The summed E-state index contributed by atoms with van der Waals surface area (Å²) in [4.78, 5) is 8.45. The topological polar surface area (TPSA) is 75.9 Å². The van der Waals surface area contributed by atoms with Crippen LogP contribution in [0.5, 0.6) is 0 Å². The second-order valence-electron chi connectivity index (χ2n) is 4.67. The highest BCUT2D eigenvalue weighted by atomic mass is 15.3. The van der Waals surface area contributed by atoms with Gasteiger partial charge in [-0.3, -0.25) is 0 Å². The maximum Gasteiger partial charge on any atom is 0.148 e. The van der Waals surface area contributed by atoms with Gasteiger partial charge in [-0.15, -0.1) is 0 Å². The van der Waals surface area contributed by atoms with Crippen molar-refractivity contribution in [3.05, 3.63) is 11.9 Å². The van der Waals surface area contributed by atoms with E-state index in [-0.39, 0.29) is 0 Å². The standard InChI is InChI=1S/C12H21N5/c1-3-10-11(14-7-15-12(10)17-13)16-8(2)9-5-4-6-9/h7-9H,3-6,13H2,1-2H3,(H2,14,15,16,17). The summed E-state index contributed by atoms with van der Waals surface area (Å²) in [6.07, 6.45) is 6.41. The van der Waals surface area contributed by atoms with Crippen molar-refractivity contribution in [2.75, 3.05) is 10.7 Å². The number of nitrogens with one attached hydrogen (secondary N) is 2. The molecular formula is C12H21N5. The molecule has 5 nitrogen and oxygen atoms in total. The zero-order valence-corrected chi connectivity index (χ0v) is 10.5. The van der Waals surface area contributed by atoms with Gasteiger partial charge in [0.05, 0.1) is 0 Å². The Bertz CT molecular complexity index is 375. The van der Waals surface area contributed by atoms with Crippen molar-refractivity contribution in [1.82, 2.24) is 9.97 Å². The molecule has 1 aromatic rings. The van der Waals surface area contributed by atoms with E-state index in [0.717, 1.165) is 23.7 Å². The van der Waals surface area contributed by atoms with Crippen molar-refractivity contribution in [2.24, 2.45) is 11.8 Å². The monoisotopic (exact) mass is 235 g/mol. The molecule has 1 unspecified atom stereocenters. The molecule has 2 rings (SSSR count). The molecule has 1 fully saturated rings. The lowest BCUT2D eigenvalue weighted by atomic mass is 9.80. The number of hydrogen-bond donors (Lipinski definition) is 3. The third-order valence-electron chi connectivity index (χ3n) is 3.66. The van der Waals surface area contributed by atoms with E-state index in [1.165, 1.54) is 19.3 Å². The van der Waals surface area contributed by atoms with Crippen LogP contribution in [0.15, 0.2) is 6.33 Å². The first-order chi connectivity index (χ1) is 8.26. The molecule has 1 atom stereocenters. The average molecular weight is 235 g/mol. The third-order valence-corrected chi connectivity index (χ3v) is 3.66. The summed E-state index contributed by atoms with van der Waals surface area (Å²) in [6.45, 7) is 4.31. The number of nitrogens with two attached hydrogens (primary N) is 1. The average Bonchev–Trinajstić information content (AvgIpc) is 2.26. The van der Waals surface area contributed by atoms with E-state index < -0.39 is 0 Å². The van der Waals surface area contributed by atoms with Gasteiger partial charge in [-0.2, -0.15) is 0 Å². The molecule has 5 heteroatoms. The molecule has 0 radical (unpaired) electrons. The Kier molecular flexibility index (Phi) is 3.78. The van der Waals surface area contributed by atoms with Gasteiger partial charge < -0.3 is 10.7 Å². The van der Waals surface area contributed by atoms with Crippen LogP contribution in [0.1, 0.15) is 38.7 Å². The molecule has 0 aromatic carbocycles. The van der Waals surface area contributed by atoms with Crippen LogP contribution in [0.25, 0.3) is 0 Å². The normalized spacial score (nSPS) is 17.4. The number of hydrazine groups is 1. The number of anilines is 2. The molecule has 1 aliphatic carbocycles. The molecular weight excluding hydrogens is 214 g/mol. The van der Waals surface area contributed by atoms with Crippen LogP contribution in [0.3, 0.4) is 0 Å². The third kappa shape index (κ3) is 2.49. The maximum atomic E-state index is 5.45. The van der Waals surface area contributed by atoms with E-state index in [4.69, 9.17) is 5.84 Å². The SMILES string of the molecule is CCc1c(NN)ncnc1NC(C)C1CCC1. The van der Waals surface area contributed by atoms with E-state index in [2.05, 4.69) is 34.6 Å². The van der Waals surface area contributed by atoms with E-state index in [1.54, 1.807) is 6.33 Å². The van der Waals surface area contributed by atoms with Gasteiger partial charge >= 0.3 is 0 Å². The lowest BCUT2D eigenvalue weighted by Gasteiger charge is -2.32. The van der Waals surface area contributed by atoms with Gasteiger partial charge in [0.1, 0.15) is 18.0 Å². The second kappa shape index (κ2) is 5.31. The molecule has 0 saturated heterocycles. The number of rotatable bonds is 5. The minimum absolute atomic E-state index is 0.467. The minimum atomic E-state index is 0.467. The van der Waals surface area contributed by atoms with Gasteiger partial charge in [0.15, 0.2) is 0 Å². The van der Waals surface area contributed by atoms with Gasteiger partial charge in [0, 0.05) is 11.6 Å². The number of nitrogen functional groups attached to an aromatic ring is 1. The van der Waals surface area contributed by atoms with Crippen LogP contribution in [0.4, 0.5) is 11.6 Å². The molecule has 0 spiro atoms. The zero-order chi connectivity index (χ0) is 12.3. The van der Waals surface area contributed by atoms with E-state index >= 15 is 0 Å². The molecule has 1 saturated carbocycles. The Morgan fingerprint density at radius 1 is 1.41 bits per heavy atom. The first-order valence-corrected chi connectivity index (χ1v) is 6.33. The molecule has 1 aromatic heterocycles. The largest absolute Gasteiger partial charge is 0.367 e. The van der Waals surface area contributed by atoms with Crippen molar-refractivity contribution in [3.63, 3.8) is 0 Å². The summed E-state index contributed by atoms with van der Waals surface area (Å²) < 4.78 is 0. The molecule has 0 amide bonds. The highest BCUT2D eigenvalue weighted by Crippen LogP contribution is 2.31. The summed E-state index contributed by atoms with van der Waals surface area (Å²) in [7, 11) is 0. The minimum Gasteiger partial charge on any atom is -0.367 e. The molecule has 4 N–H and O–H groups in total. The summed E-state index contributed by atoms with van der Waals surface area (Å²) >= 11 is 0. The smallest absolute Gasteiger partial charge is 0.148 e. The fraction of sp³-hybridized carbons (Fsp3) is 0.667. The molecule has 1 heterocycles. The van der Waals surface area contributed by atoms with Crippen molar-refractivity contribution < 1.29 is 0 Å². The van der Waals surface area contributed by atoms with Gasteiger partial charge in [-0.25, -0.2) is 15.8 Å². The van der Waals surface area contributed by atoms with Gasteiger partial charge in [0.25, 0.3) is 0 Å². The second-order valence-corrected chi connectivity index (χ2v) is 4.67. The van der Waals surface area contributed by atoms with Crippen molar-refractivity contribution in [2.45, 2.75) is 45.6 Å². The van der Waals surface area contributed by atoms with Crippen LogP contribution in [-0.4, -0.2) is 16.0 Å². The van der Waals surface area contributed by atoms with E-state index in [9.17, 15) is 0 Å². The fourth-order valence-corrected chi connectivity index (χ4v) is 2.27. The summed E-state index contributed by atoms with van der Waals surface area (Å²) in [5, 5.41) is 3.49. The van der Waals surface area contributed by atoms with Crippen LogP contribution in [-0.2, 0) is 6.42 Å². The zero-order valence-electron chi connectivity index (χ0n) is 10.5. The number of aromatic nitrogens is 2. The van der Waals surface area contributed by atoms with Crippen LogP contribution in [0.2, 0.25) is 0 Å². The van der Waals surface area contributed by atoms with Crippen molar-refractivity contribution in [3.8, 4) is 0 Å². The first kappa shape index (κ1) is 12.1. The summed E-state index contributed by atoms with van der Waals surface area (Å²) in [5.74, 6) is 7.86. The summed E-state index contributed by atoms with van der Waals surface area (Å²) in [6, 6.07) is 0.467. The van der Waals surface area contributed by atoms with Crippen LogP contribution < -0.4 is 16.6 Å². The molecule has 94 valence electrons. The quantitative estimate of drug-likeness (QED) is 0.537. The highest BCUT2D eigenvalue weighted by Gasteiger charge is 2.24. The van der Waals surface area contributed by atoms with E-state index in [0.29, 0.717) is 11.9 Å². The predicted molar refractivity (Wildman–Crippen MR) is 69.6 cm³/mol. The van der Waals surface area contributed by atoms with Crippen LogP contribution >= 0.6 is 0 Å². The Morgan fingerprint density at radius 3 is 2.65 bits per heavy atom. The Hall–Kier alpha value is -1.36. The lowest BCUT2D eigenvalue weighted by molar-refractivity contribution is 0.285. The van der Waals surface area contributed by atoms with Gasteiger partial charge in [-0.05, 0) is 32.1 Å². The van der Waals surface area contributed by atoms with E-state index in [1.807, 2.05) is 0 Å². The van der Waals surface area contributed by atoms with Gasteiger partial charge in [0.2, 0.25) is 0 Å². The Labute approximate surface area is 102 Å². The predicted octanol–water partition coefficient (Wildman–Crippen LogP) is 1.93. The molecule has 0 bridgehead atoms. The van der Waals surface area contributed by atoms with Crippen LogP contribution in [0, 0.1) is 5.92 Å². The molecule has 1 aliphatic rings. The number of hydrogen-bond acceptors (Lipinski definition) is 5. The highest BCUT2D eigenvalue weighted by molar-refractivity contribution is 5.57. The van der Waals surface area contributed by atoms with Gasteiger partial charge in [-0.1, -0.05) is 13.3 Å². The summed E-state index contributed by atoms with van der Waals surface area (Å²) in [5.41, 5.74) is 3.68. The first-order valence-electron chi connectivity index (χ1n) is 6.33. The molecule has 17 heavy (non-hydrogen) atoms. The Morgan fingerprint density at radius 2 is 2.12 bits per heavy atom. The van der Waals surface area contributed by atoms with Crippen molar-refractivity contribution in [1.29, 1.82) is 0 Å². The lowest BCUT2D eigenvalue weighted by Crippen LogP contribution is -2.31. The Balaban J connectivity index is 2.13. The maximum absolute atomic E-state index is 5.45. The fourth-order valence-electron chi connectivity index (χ4n) is 2.27. The molecule has 0 aliphatic heterocycles. The van der Waals surface area contributed by atoms with Crippen molar-refractivity contribution >= 4 is 11.6 Å².